The van der Waals surface area contributed by atoms with Crippen LogP contribution in [0.1, 0.15) is 17.0 Å². The highest BCUT2D eigenvalue weighted by Gasteiger charge is 2.27. The van der Waals surface area contributed by atoms with Gasteiger partial charge in [-0.1, -0.05) is 46.3 Å². The number of carbonyl (C=O) groups is 1. The number of fused-ring (bicyclic) bond motifs is 1. The van der Waals surface area contributed by atoms with Crippen molar-refractivity contribution in [1.29, 1.82) is 0 Å². The highest BCUT2D eigenvalue weighted by molar-refractivity contribution is 9.10. The molecule has 1 unspecified atom stereocenters. The minimum Gasteiger partial charge on any atom is -0.302 e. The van der Waals surface area contributed by atoms with Crippen LogP contribution in [0.5, 0.6) is 0 Å². The molecule has 3 rings (SSSR count). The third-order valence-electron chi connectivity index (χ3n) is 3.08. The number of halogens is 1. The average molecular weight is 300 g/mol. The molecule has 0 amide bonds. The smallest absolute Gasteiger partial charge is 0.133 e. The van der Waals surface area contributed by atoms with E-state index < -0.39 is 0 Å². The monoisotopic (exact) mass is 299 g/mol. The van der Waals surface area contributed by atoms with Crippen LogP contribution in [0, 0.1) is 0 Å². The molecule has 2 aromatic rings. The molecule has 1 aliphatic heterocycles. The van der Waals surface area contributed by atoms with Gasteiger partial charge in [0.2, 0.25) is 0 Å². The van der Waals surface area contributed by atoms with Crippen LogP contribution in [0.15, 0.2) is 58.0 Å². The van der Waals surface area contributed by atoms with E-state index in [1.807, 2.05) is 48.5 Å². The normalized spacial score (nSPS) is 17.2. The van der Waals surface area contributed by atoms with E-state index in [2.05, 4.69) is 20.9 Å². The lowest BCUT2D eigenvalue weighted by Gasteiger charge is -2.07. The van der Waals surface area contributed by atoms with Gasteiger partial charge in [0.05, 0.1) is 17.3 Å². The van der Waals surface area contributed by atoms with E-state index in [1.165, 1.54) is 0 Å². The maximum atomic E-state index is 11.3. The van der Waals surface area contributed by atoms with Crippen LogP contribution >= 0.6 is 15.9 Å². The summed E-state index contributed by atoms with van der Waals surface area (Å²) in [6.45, 7) is 0. The molecular weight excluding hydrogens is 290 g/mol. The fraction of sp³-hybridized carbons (Fsp3) is 0.0667. The second-order valence-electron chi connectivity index (χ2n) is 4.18. The maximum absolute atomic E-state index is 11.3. The van der Waals surface area contributed by atoms with Crippen molar-refractivity contribution in [3.63, 3.8) is 0 Å². The van der Waals surface area contributed by atoms with Gasteiger partial charge in [-0.25, -0.2) is 0 Å². The van der Waals surface area contributed by atoms with Crippen molar-refractivity contribution < 1.29 is 4.79 Å². The largest absolute Gasteiger partial charge is 0.302 e. The number of nitrogens with zero attached hydrogens (tertiary/aromatic N) is 1. The van der Waals surface area contributed by atoms with Crippen molar-refractivity contribution in [3.8, 4) is 0 Å². The van der Waals surface area contributed by atoms with Crippen LogP contribution in [0.3, 0.4) is 0 Å². The first-order chi connectivity index (χ1) is 8.79. The van der Waals surface area contributed by atoms with E-state index in [4.69, 9.17) is 0 Å². The molecule has 0 aromatic heterocycles. The van der Waals surface area contributed by atoms with E-state index in [9.17, 15) is 4.79 Å². The van der Waals surface area contributed by atoms with Crippen LogP contribution in [0.2, 0.25) is 0 Å². The summed E-state index contributed by atoms with van der Waals surface area (Å²) < 4.78 is 1.02. The molecule has 0 radical (unpaired) electrons. The van der Waals surface area contributed by atoms with Gasteiger partial charge in [-0.3, -0.25) is 4.99 Å². The fourth-order valence-electron chi connectivity index (χ4n) is 2.20. The Kier molecular flexibility index (Phi) is 2.84. The molecule has 0 saturated carbocycles. The average Bonchev–Trinajstić information content (AvgIpc) is 2.78. The molecule has 1 atom stereocenters. The Morgan fingerprint density at radius 2 is 1.78 bits per heavy atom. The van der Waals surface area contributed by atoms with Crippen molar-refractivity contribution in [2.75, 3.05) is 0 Å². The van der Waals surface area contributed by atoms with Gasteiger partial charge >= 0.3 is 0 Å². The van der Waals surface area contributed by atoms with E-state index >= 15 is 0 Å². The van der Waals surface area contributed by atoms with Crippen molar-refractivity contribution >= 4 is 33.6 Å². The van der Waals surface area contributed by atoms with Crippen LogP contribution in [0.4, 0.5) is 5.69 Å². The third-order valence-corrected chi connectivity index (χ3v) is 3.61. The molecule has 0 saturated heterocycles. The van der Waals surface area contributed by atoms with E-state index in [-0.39, 0.29) is 5.92 Å². The van der Waals surface area contributed by atoms with Gasteiger partial charge in [-0.15, -0.1) is 0 Å². The van der Waals surface area contributed by atoms with Gasteiger partial charge in [0.15, 0.2) is 0 Å². The van der Waals surface area contributed by atoms with Gasteiger partial charge in [0.1, 0.15) is 6.29 Å². The second kappa shape index (κ2) is 4.50. The molecule has 0 aliphatic carbocycles. The molecule has 3 heteroatoms. The van der Waals surface area contributed by atoms with Crippen LogP contribution < -0.4 is 0 Å². The molecule has 2 aromatic carbocycles. The Balaban J connectivity index is 2.09. The first kappa shape index (κ1) is 11.4. The summed E-state index contributed by atoms with van der Waals surface area (Å²) in [7, 11) is 0. The summed E-state index contributed by atoms with van der Waals surface area (Å²) in [5.41, 5.74) is 3.71. The number of para-hydroxylation sites is 1. The standard InChI is InChI=1S/C15H10BrNO/c16-11-7-5-10(6-8-11)15-13(9-18)12-3-1-2-4-14(12)17-15/h1-9,13H. The SMILES string of the molecule is O=CC1C(c2ccc(Br)cc2)=Nc2ccccc21. The first-order valence-corrected chi connectivity index (χ1v) is 6.47. The first-order valence-electron chi connectivity index (χ1n) is 5.68. The highest BCUT2D eigenvalue weighted by atomic mass is 79.9. The number of rotatable bonds is 2. The van der Waals surface area contributed by atoms with Gasteiger partial charge in [0.25, 0.3) is 0 Å². The minimum absolute atomic E-state index is 0.248. The summed E-state index contributed by atoms with van der Waals surface area (Å²) >= 11 is 3.41. The van der Waals surface area contributed by atoms with Crippen molar-refractivity contribution in [2.45, 2.75) is 5.92 Å². The molecule has 0 bridgehead atoms. The topological polar surface area (TPSA) is 29.4 Å². The number of carbonyl (C=O) groups excluding carboxylic acids is 1. The molecule has 1 aliphatic rings. The molecule has 0 fully saturated rings. The van der Waals surface area contributed by atoms with Crippen LogP contribution in [-0.2, 0) is 4.79 Å². The molecule has 18 heavy (non-hydrogen) atoms. The van der Waals surface area contributed by atoms with Crippen molar-refractivity contribution in [3.05, 3.63) is 64.1 Å². The van der Waals surface area contributed by atoms with Crippen molar-refractivity contribution in [2.24, 2.45) is 4.99 Å². The number of aldehydes is 1. The van der Waals surface area contributed by atoms with Gasteiger partial charge in [-0.05, 0) is 29.3 Å². The van der Waals surface area contributed by atoms with Gasteiger partial charge in [0, 0.05) is 4.47 Å². The highest BCUT2D eigenvalue weighted by Crippen LogP contribution is 2.36. The Morgan fingerprint density at radius 3 is 2.50 bits per heavy atom. The Morgan fingerprint density at radius 1 is 1.06 bits per heavy atom. The Hall–Kier alpha value is -1.74. The molecule has 2 nitrogen and oxygen atoms in total. The molecule has 0 N–H and O–H groups in total. The second-order valence-corrected chi connectivity index (χ2v) is 5.09. The van der Waals surface area contributed by atoms with Crippen LogP contribution in [0.25, 0.3) is 0 Å². The minimum atomic E-state index is -0.248. The van der Waals surface area contributed by atoms with E-state index in [0.29, 0.717) is 0 Å². The van der Waals surface area contributed by atoms with Gasteiger partial charge in [-0.2, -0.15) is 0 Å². The summed E-state index contributed by atoms with van der Waals surface area (Å²) in [4.78, 5) is 15.9. The quantitative estimate of drug-likeness (QED) is 0.774. The summed E-state index contributed by atoms with van der Waals surface area (Å²) in [6, 6.07) is 15.7. The lowest BCUT2D eigenvalue weighted by atomic mass is 9.93. The summed E-state index contributed by atoms with van der Waals surface area (Å²) in [6.07, 6.45) is 0.965. The summed E-state index contributed by atoms with van der Waals surface area (Å²) in [5.74, 6) is -0.248. The number of hydrogen-bond acceptors (Lipinski definition) is 2. The molecule has 0 spiro atoms. The van der Waals surface area contributed by atoms with Crippen LogP contribution in [-0.4, -0.2) is 12.0 Å². The predicted molar refractivity (Wildman–Crippen MR) is 75.6 cm³/mol. The third kappa shape index (κ3) is 1.81. The zero-order valence-corrected chi connectivity index (χ0v) is 11.1. The van der Waals surface area contributed by atoms with E-state index in [1.54, 1.807) is 0 Å². The summed E-state index contributed by atoms with van der Waals surface area (Å²) in [5, 5.41) is 0. The fourth-order valence-corrected chi connectivity index (χ4v) is 2.47. The lowest BCUT2D eigenvalue weighted by Crippen LogP contribution is -2.11. The van der Waals surface area contributed by atoms with Gasteiger partial charge < -0.3 is 4.79 Å². The lowest BCUT2D eigenvalue weighted by molar-refractivity contribution is -0.107. The Labute approximate surface area is 114 Å². The molecular formula is C15H10BrNO. The number of aliphatic imine (C=N–C) groups is 1. The number of benzene rings is 2. The number of hydrogen-bond donors (Lipinski definition) is 0. The zero-order valence-electron chi connectivity index (χ0n) is 9.51. The predicted octanol–water partition coefficient (Wildman–Crippen LogP) is 3.87. The van der Waals surface area contributed by atoms with E-state index in [0.717, 1.165) is 33.3 Å². The van der Waals surface area contributed by atoms with Crippen molar-refractivity contribution in [1.82, 2.24) is 0 Å². The molecule has 88 valence electrons. The molecule has 1 heterocycles. The Bertz CT molecular complexity index is 631. The zero-order chi connectivity index (χ0) is 12.5. The maximum Gasteiger partial charge on any atom is 0.133 e.